The molecular formula is C13H24N2O2. The van der Waals surface area contributed by atoms with Gasteiger partial charge in [-0.25, -0.2) is 4.79 Å². The van der Waals surface area contributed by atoms with Crippen LogP contribution < -0.4 is 5.32 Å². The molecule has 2 fully saturated rings. The van der Waals surface area contributed by atoms with Crippen molar-refractivity contribution in [3.8, 4) is 0 Å². The zero-order chi connectivity index (χ0) is 12.1. The summed E-state index contributed by atoms with van der Waals surface area (Å²) in [5.74, 6) is 0.704. The van der Waals surface area contributed by atoms with Crippen LogP contribution in [-0.2, 0) is 4.74 Å². The van der Waals surface area contributed by atoms with Crippen LogP contribution in [-0.4, -0.2) is 43.8 Å². The topological polar surface area (TPSA) is 41.6 Å². The number of rotatable bonds is 4. The van der Waals surface area contributed by atoms with Gasteiger partial charge in [0.25, 0.3) is 0 Å². The molecule has 0 radical (unpaired) electrons. The van der Waals surface area contributed by atoms with Crippen molar-refractivity contribution in [2.24, 2.45) is 5.92 Å². The molecule has 1 atom stereocenters. The van der Waals surface area contributed by atoms with Crippen molar-refractivity contribution in [3.05, 3.63) is 0 Å². The molecule has 0 spiro atoms. The fourth-order valence-corrected chi connectivity index (χ4v) is 2.76. The van der Waals surface area contributed by atoms with Crippen molar-refractivity contribution in [1.82, 2.24) is 10.2 Å². The first-order valence-electron chi connectivity index (χ1n) is 6.86. The fraction of sp³-hybridized carbons (Fsp3) is 0.923. The predicted octanol–water partition coefficient (Wildman–Crippen LogP) is 2.00. The van der Waals surface area contributed by atoms with E-state index in [2.05, 4.69) is 5.32 Å². The summed E-state index contributed by atoms with van der Waals surface area (Å²) in [7, 11) is 1.85. The summed E-state index contributed by atoms with van der Waals surface area (Å²) >= 11 is 0. The van der Waals surface area contributed by atoms with E-state index < -0.39 is 0 Å². The fourth-order valence-electron chi connectivity index (χ4n) is 2.76. The average molecular weight is 240 g/mol. The number of nitrogens with zero attached hydrogens (tertiary/aromatic N) is 1. The molecule has 0 unspecified atom stereocenters. The van der Waals surface area contributed by atoms with Crippen molar-refractivity contribution in [3.63, 3.8) is 0 Å². The van der Waals surface area contributed by atoms with Crippen LogP contribution >= 0.6 is 0 Å². The Labute approximate surface area is 104 Å². The first-order valence-corrected chi connectivity index (χ1v) is 6.86. The molecule has 1 saturated heterocycles. The van der Waals surface area contributed by atoms with Crippen molar-refractivity contribution in [2.45, 2.75) is 44.6 Å². The normalized spacial score (nSPS) is 25.1. The van der Waals surface area contributed by atoms with E-state index in [0.717, 1.165) is 32.5 Å². The van der Waals surface area contributed by atoms with Crippen LogP contribution in [0.25, 0.3) is 0 Å². The van der Waals surface area contributed by atoms with Crippen molar-refractivity contribution in [2.75, 3.05) is 26.7 Å². The molecule has 4 heteroatoms. The van der Waals surface area contributed by atoms with Crippen LogP contribution in [0.3, 0.4) is 0 Å². The van der Waals surface area contributed by atoms with Crippen LogP contribution in [0.4, 0.5) is 4.79 Å². The van der Waals surface area contributed by atoms with E-state index in [1.54, 1.807) is 4.90 Å². The van der Waals surface area contributed by atoms with Crippen LogP contribution in [0.15, 0.2) is 0 Å². The van der Waals surface area contributed by atoms with E-state index in [0.29, 0.717) is 5.92 Å². The zero-order valence-electron chi connectivity index (χ0n) is 10.8. The molecule has 1 heterocycles. The Morgan fingerprint density at radius 1 is 1.29 bits per heavy atom. The van der Waals surface area contributed by atoms with E-state index in [1.807, 2.05) is 7.05 Å². The van der Waals surface area contributed by atoms with Gasteiger partial charge in [0.1, 0.15) is 0 Å². The number of amides is 2. The zero-order valence-corrected chi connectivity index (χ0v) is 10.8. The number of urea groups is 1. The van der Waals surface area contributed by atoms with Gasteiger partial charge in [0.2, 0.25) is 0 Å². The lowest BCUT2D eigenvalue weighted by Gasteiger charge is -2.22. The molecule has 1 saturated carbocycles. The summed E-state index contributed by atoms with van der Waals surface area (Å²) in [6.45, 7) is 2.41. The van der Waals surface area contributed by atoms with Crippen LogP contribution in [0.5, 0.6) is 0 Å². The lowest BCUT2D eigenvalue weighted by molar-refractivity contribution is 0.0873. The Hall–Kier alpha value is -0.770. The number of ether oxygens (including phenoxy) is 1. The minimum absolute atomic E-state index is 0.0485. The van der Waals surface area contributed by atoms with E-state index in [1.165, 1.54) is 25.7 Å². The molecule has 0 bridgehead atoms. The highest BCUT2D eigenvalue weighted by Gasteiger charge is 2.21. The van der Waals surface area contributed by atoms with E-state index >= 15 is 0 Å². The third kappa shape index (κ3) is 3.87. The van der Waals surface area contributed by atoms with Gasteiger partial charge in [-0.05, 0) is 31.6 Å². The first kappa shape index (κ1) is 12.7. The highest BCUT2D eigenvalue weighted by Crippen LogP contribution is 2.23. The molecule has 0 aromatic rings. The summed E-state index contributed by atoms with van der Waals surface area (Å²) < 4.78 is 5.53. The lowest BCUT2D eigenvalue weighted by atomic mass is 10.1. The largest absolute Gasteiger partial charge is 0.376 e. The van der Waals surface area contributed by atoms with Gasteiger partial charge in [0.05, 0.1) is 6.10 Å². The summed E-state index contributed by atoms with van der Waals surface area (Å²) in [6, 6.07) is 0.0485. The Bertz CT molecular complexity index is 246. The number of hydrogen-bond donors (Lipinski definition) is 1. The molecule has 4 nitrogen and oxygen atoms in total. The van der Waals surface area contributed by atoms with Crippen LogP contribution in [0, 0.1) is 5.92 Å². The van der Waals surface area contributed by atoms with Gasteiger partial charge in [-0.3, -0.25) is 0 Å². The predicted molar refractivity (Wildman–Crippen MR) is 67.0 cm³/mol. The number of carbonyl (C=O) groups excluding carboxylic acids is 1. The summed E-state index contributed by atoms with van der Waals surface area (Å²) in [5, 5.41) is 3.03. The van der Waals surface area contributed by atoms with Crippen molar-refractivity contribution in [1.29, 1.82) is 0 Å². The second kappa shape index (κ2) is 6.24. The van der Waals surface area contributed by atoms with Crippen LogP contribution in [0.2, 0.25) is 0 Å². The maximum atomic E-state index is 11.8. The number of hydrogen-bond acceptors (Lipinski definition) is 2. The molecule has 1 N–H and O–H groups in total. The van der Waals surface area contributed by atoms with Gasteiger partial charge >= 0.3 is 6.03 Å². The molecule has 1 aliphatic carbocycles. The number of carbonyl (C=O) groups is 1. The molecule has 98 valence electrons. The Morgan fingerprint density at radius 3 is 2.71 bits per heavy atom. The standard InChI is InChI=1S/C13H24N2O2/c1-15(10-12-7-4-8-17-12)13(16)14-9-11-5-2-3-6-11/h11-12H,2-10H2,1H3,(H,14,16)/t12-/m1/s1. The van der Waals surface area contributed by atoms with Gasteiger partial charge in [-0.15, -0.1) is 0 Å². The maximum absolute atomic E-state index is 11.8. The summed E-state index contributed by atoms with van der Waals surface area (Å²) in [5.41, 5.74) is 0. The van der Waals surface area contributed by atoms with Gasteiger partial charge in [-0.2, -0.15) is 0 Å². The van der Waals surface area contributed by atoms with E-state index in [4.69, 9.17) is 4.74 Å². The van der Waals surface area contributed by atoms with Crippen molar-refractivity contribution < 1.29 is 9.53 Å². The molecule has 17 heavy (non-hydrogen) atoms. The Kier molecular flexibility index (Phi) is 4.66. The quantitative estimate of drug-likeness (QED) is 0.816. The molecule has 0 aromatic carbocycles. The SMILES string of the molecule is CN(C[C@H]1CCCO1)C(=O)NCC1CCCC1. The Morgan fingerprint density at radius 2 is 2.06 bits per heavy atom. The molecule has 1 aliphatic heterocycles. The highest BCUT2D eigenvalue weighted by molar-refractivity contribution is 5.73. The first-order chi connectivity index (χ1) is 8.25. The number of likely N-dealkylation sites (N-methyl/N-ethyl adjacent to an activating group) is 1. The van der Waals surface area contributed by atoms with Gasteiger partial charge in [0.15, 0.2) is 0 Å². The van der Waals surface area contributed by atoms with E-state index in [9.17, 15) is 4.79 Å². The molecular weight excluding hydrogens is 216 g/mol. The molecule has 2 rings (SSSR count). The molecule has 2 amide bonds. The minimum Gasteiger partial charge on any atom is -0.376 e. The summed E-state index contributed by atoms with van der Waals surface area (Å²) in [4.78, 5) is 13.6. The van der Waals surface area contributed by atoms with E-state index in [-0.39, 0.29) is 12.1 Å². The van der Waals surface area contributed by atoms with Crippen LogP contribution in [0.1, 0.15) is 38.5 Å². The third-order valence-electron chi connectivity index (χ3n) is 3.86. The highest BCUT2D eigenvalue weighted by atomic mass is 16.5. The van der Waals surface area contributed by atoms with Gasteiger partial charge in [0, 0.05) is 26.7 Å². The second-order valence-electron chi connectivity index (χ2n) is 5.35. The lowest BCUT2D eigenvalue weighted by Crippen LogP contribution is -2.42. The number of nitrogens with one attached hydrogen (secondary N) is 1. The molecule has 0 aromatic heterocycles. The molecule has 2 aliphatic rings. The maximum Gasteiger partial charge on any atom is 0.317 e. The smallest absolute Gasteiger partial charge is 0.317 e. The third-order valence-corrected chi connectivity index (χ3v) is 3.86. The van der Waals surface area contributed by atoms with Crippen molar-refractivity contribution >= 4 is 6.03 Å². The van der Waals surface area contributed by atoms with Gasteiger partial charge < -0.3 is 15.0 Å². The minimum atomic E-state index is 0.0485. The average Bonchev–Trinajstić information content (AvgIpc) is 2.98. The Balaban J connectivity index is 1.63. The second-order valence-corrected chi connectivity index (χ2v) is 5.35. The monoisotopic (exact) mass is 240 g/mol. The van der Waals surface area contributed by atoms with Gasteiger partial charge in [-0.1, -0.05) is 12.8 Å². The summed E-state index contributed by atoms with van der Waals surface area (Å²) in [6.07, 6.45) is 7.66.